The van der Waals surface area contributed by atoms with E-state index in [9.17, 15) is 9.90 Å². The summed E-state index contributed by atoms with van der Waals surface area (Å²) in [4.78, 5) is 13.6. The lowest BCUT2D eigenvalue weighted by atomic mass is 10.2. The van der Waals surface area contributed by atoms with Gasteiger partial charge in [-0.05, 0) is 18.2 Å². The maximum atomic E-state index is 12.1. The second-order valence-electron chi connectivity index (χ2n) is 4.19. The van der Waals surface area contributed by atoms with Crippen molar-refractivity contribution in [2.45, 2.75) is 12.4 Å². The molecule has 19 heavy (non-hydrogen) atoms. The normalized spacial score (nSPS) is 10.4. The van der Waals surface area contributed by atoms with Crippen molar-refractivity contribution in [3.8, 4) is 5.75 Å². The number of para-hydroxylation sites is 1. The van der Waals surface area contributed by atoms with Crippen LogP contribution in [-0.2, 0) is 12.4 Å². The highest BCUT2D eigenvalue weighted by atomic mass is 35.5. The van der Waals surface area contributed by atoms with Crippen molar-refractivity contribution in [3.63, 3.8) is 0 Å². The van der Waals surface area contributed by atoms with E-state index >= 15 is 0 Å². The highest BCUT2D eigenvalue weighted by Gasteiger charge is 2.17. The molecule has 0 radical (unpaired) electrons. The molecule has 1 heterocycles. The van der Waals surface area contributed by atoms with E-state index in [4.69, 9.17) is 16.0 Å². The molecule has 4 nitrogen and oxygen atoms in total. The van der Waals surface area contributed by atoms with Crippen LogP contribution in [-0.4, -0.2) is 23.0 Å². The molecule has 2 aromatic rings. The smallest absolute Gasteiger partial charge is 0.289 e. The van der Waals surface area contributed by atoms with E-state index in [2.05, 4.69) is 0 Å². The van der Waals surface area contributed by atoms with E-state index in [1.807, 2.05) is 6.07 Å². The minimum absolute atomic E-state index is 0.169. The van der Waals surface area contributed by atoms with Crippen LogP contribution in [0.5, 0.6) is 5.75 Å². The molecule has 0 unspecified atom stereocenters. The Morgan fingerprint density at radius 2 is 2.05 bits per heavy atom. The van der Waals surface area contributed by atoms with Crippen molar-refractivity contribution in [2.75, 3.05) is 7.05 Å². The lowest BCUT2D eigenvalue weighted by molar-refractivity contribution is 0.0751. The van der Waals surface area contributed by atoms with E-state index in [0.29, 0.717) is 17.9 Å². The van der Waals surface area contributed by atoms with Gasteiger partial charge < -0.3 is 14.4 Å². The first-order valence-corrected chi connectivity index (χ1v) is 6.32. The third-order valence-electron chi connectivity index (χ3n) is 2.75. The Labute approximate surface area is 116 Å². The molecule has 0 fully saturated rings. The van der Waals surface area contributed by atoms with Gasteiger partial charge in [0.15, 0.2) is 5.76 Å². The first kappa shape index (κ1) is 13.5. The lowest BCUT2D eigenvalue weighted by Gasteiger charge is -2.16. The summed E-state index contributed by atoms with van der Waals surface area (Å²) in [7, 11) is 1.65. The zero-order valence-electron chi connectivity index (χ0n) is 10.5. The summed E-state index contributed by atoms with van der Waals surface area (Å²) >= 11 is 5.62. The highest BCUT2D eigenvalue weighted by molar-refractivity contribution is 6.16. The molecule has 0 bridgehead atoms. The number of carbonyl (C=O) groups excluding carboxylic acids is 1. The summed E-state index contributed by atoms with van der Waals surface area (Å²) in [6.07, 6.45) is 0. The molecule has 5 heteroatoms. The number of benzene rings is 1. The van der Waals surface area contributed by atoms with Crippen LogP contribution in [0, 0.1) is 0 Å². The number of furan rings is 1. The van der Waals surface area contributed by atoms with E-state index < -0.39 is 0 Å². The number of alkyl halides is 1. The molecule has 1 aromatic heterocycles. The van der Waals surface area contributed by atoms with Gasteiger partial charge in [-0.3, -0.25) is 4.79 Å². The molecule has 1 N–H and O–H groups in total. The summed E-state index contributed by atoms with van der Waals surface area (Å²) in [5, 5.41) is 9.68. The number of amides is 1. The average Bonchev–Trinajstić information content (AvgIpc) is 2.89. The molecule has 0 spiro atoms. The molecule has 0 saturated carbocycles. The van der Waals surface area contributed by atoms with Gasteiger partial charge in [-0.15, -0.1) is 11.6 Å². The summed E-state index contributed by atoms with van der Waals surface area (Å²) in [5.41, 5.74) is 0.683. The second-order valence-corrected chi connectivity index (χ2v) is 4.46. The van der Waals surface area contributed by atoms with E-state index in [0.717, 1.165) is 0 Å². The van der Waals surface area contributed by atoms with Crippen LogP contribution in [0.25, 0.3) is 0 Å². The molecule has 0 saturated heterocycles. The molecule has 1 amide bonds. The zero-order chi connectivity index (χ0) is 13.8. The van der Waals surface area contributed by atoms with Crippen LogP contribution >= 0.6 is 11.6 Å². The highest BCUT2D eigenvalue weighted by Crippen LogP contribution is 2.19. The fourth-order valence-corrected chi connectivity index (χ4v) is 1.87. The fourth-order valence-electron chi connectivity index (χ4n) is 1.72. The SMILES string of the molecule is CN(Cc1ccccc1O)C(=O)c1ccc(CCl)o1. The monoisotopic (exact) mass is 279 g/mol. The van der Waals surface area contributed by atoms with Gasteiger partial charge in [0.2, 0.25) is 0 Å². The molecule has 2 rings (SSSR count). The Bertz CT molecular complexity index is 580. The molecular formula is C14H14ClNO3. The molecule has 1 aromatic carbocycles. The quantitative estimate of drug-likeness (QED) is 0.876. The maximum absolute atomic E-state index is 12.1. The number of halogens is 1. The predicted octanol–water partition coefficient (Wildman–Crippen LogP) is 3.00. The van der Waals surface area contributed by atoms with Gasteiger partial charge in [-0.25, -0.2) is 0 Å². The maximum Gasteiger partial charge on any atom is 0.289 e. The van der Waals surface area contributed by atoms with Crippen LogP contribution in [0.1, 0.15) is 21.9 Å². The number of phenols is 1. The molecule has 0 aliphatic rings. The Morgan fingerprint density at radius 1 is 1.32 bits per heavy atom. The number of carbonyl (C=O) groups is 1. The summed E-state index contributed by atoms with van der Waals surface area (Å²) < 4.78 is 5.30. The van der Waals surface area contributed by atoms with Gasteiger partial charge in [0.05, 0.1) is 5.88 Å². The molecule has 0 aliphatic carbocycles. The van der Waals surface area contributed by atoms with Gasteiger partial charge >= 0.3 is 0 Å². The standard InChI is InChI=1S/C14H14ClNO3/c1-16(9-10-4-2-3-5-12(10)17)14(18)13-7-6-11(8-15)19-13/h2-7,17H,8-9H2,1H3. The zero-order valence-corrected chi connectivity index (χ0v) is 11.2. The Kier molecular flexibility index (Phi) is 4.12. The topological polar surface area (TPSA) is 53.7 Å². The predicted molar refractivity (Wildman–Crippen MR) is 72.2 cm³/mol. The van der Waals surface area contributed by atoms with Crippen molar-refractivity contribution >= 4 is 17.5 Å². The van der Waals surface area contributed by atoms with E-state index in [-0.39, 0.29) is 23.3 Å². The van der Waals surface area contributed by atoms with Crippen LogP contribution in [0.4, 0.5) is 0 Å². The van der Waals surface area contributed by atoms with E-state index in [1.54, 1.807) is 37.4 Å². The first-order chi connectivity index (χ1) is 9.11. The Balaban J connectivity index is 2.09. The van der Waals surface area contributed by atoms with Gasteiger partial charge in [0, 0.05) is 19.2 Å². The van der Waals surface area contributed by atoms with E-state index in [1.165, 1.54) is 4.90 Å². The number of aromatic hydroxyl groups is 1. The van der Waals surface area contributed by atoms with Gasteiger partial charge in [0.1, 0.15) is 11.5 Å². The molecular weight excluding hydrogens is 266 g/mol. The lowest BCUT2D eigenvalue weighted by Crippen LogP contribution is -2.25. The summed E-state index contributed by atoms with van der Waals surface area (Å²) in [6.45, 7) is 0.308. The van der Waals surface area contributed by atoms with Crippen LogP contribution < -0.4 is 0 Å². The van der Waals surface area contributed by atoms with Crippen molar-refractivity contribution in [2.24, 2.45) is 0 Å². The summed E-state index contributed by atoms with van der Waals surface area (Å²) in [5.74, 6) is 0.952. The first-order valence-electron chi connectivity index (χ1n) is 5.79. The fraction of sp³-hybridized carbons (Fsp3) is 0.214. The largest absolute Gasteiger partial charge is 0.508 e. The number of hydrogen-bond donors (Lipinski definition) is 1. The second kappa shape index (κ2) is 5.80. The number of hydrogen-bond acceptors (Lipinski definition) is 3. The minimum atomic E-state index is -0.250. The van der Waals surface area contributed by atoms with Crippen molar-refractivity contribution in [1.82, 2.24) is 4.90 Å². The third kappa shape index (κ3) is 3.09. The minimum Gasteiger partial charge on any atom is -0.508 e. The van der Waals surface area contributed by atoms with Crippen LogP contribution in [0.3, 0.4) is 0 Å². The van der Waals surface area contributed by atoms with Crippen molar-refractivity contribution in [1.29, 1.82) is 0 Å². The Morgan fingerprint density at radius 3 is 2.68 bits per heavy atom. The average molecular weight is 280 g/mol. The molecule has 0 aliphatic heterocycles. The Hall–Kier alpha value is -1.94. The molecule has 0 atom stereocenters. The van der Waals surface area contributed by atoms with Gasteiger partial charge in [-0.2, -0.15) is 0 Å². The number of nitrogens with zero attached hydrogens (tertiary/aromatic N) is 1. The van der Waals surface area contributed by atoms with Crippen molar-refractivity contribution in [3.05, 3.63) is 53.5 Å². The van der Waals surface area contributed by atoms with Crippen molar-refractivity contribution < 1.29 is 14.3 Å². The van der Waals surface area contributed by atoms with Gasteiger partial charge in [-0.1, -0.05) is 18.2 Å². The number of phenolic OH excluding ortho intramolecular Hbond substituents is 1. The summed E-state index contributed by atoms with van der Waals surface area (Å²) in [6, 6.07) is 10.2. The van der Waals surface area contributed by atoms with Crippen LogP contribution in [0.2, 0.25) is 0 Å². The molecule has 100 valence electrons. The third-order valence-corrected chi connectivity index (χ3v) is 3.01. The van der Waals surface area contributed by atoms with Gasteiger partial charge in [0.25, 0.3) is 5.91 Å². The number of rotatable bonds is 4. The van der Waals surface area contributed by atoms with Crippen LogP contribution in [0.15, 0.2) is 40.8 Å².